The zero-order chi connectivity index (χ0) is 15.0. The van der Waals surface area contributed by atoms with Crippen LogP contribution >= 0.6 is 0 Å². The van der Waals surface area contributed by atoms with Gasteiger partial charge in [0.25, 0.3) is 0 Å². The van der Waals surface area contributed by atoms with Crippen molar-refractivity contribution in [2.24, 2.45) is 5.92 Å². The van der Waals surface area contributed by atoms with Crippen LogP contribution in [0.4, 0.5) is 0 Å². The molecule has 1 aromatic carbocycles. The molecule has 1 aliphatic rings. The lowest BCUT2D eigenvalue weighted by atomic mass is 10.0. The molecule has 21 heavy (non-hydrogen) atoms. The lowest BCUT2D eigenvalue weighted by Gasteiger charge is -2.18. The molecule has 1 aromatic heterocycles. The molecule has 1 amide bonds. The molecule has 2 heterocycles. The smallest absolute Gasteiger partial charge is 0.227 e. The van der Waals surface area contributed by atoms with Crippen molar-refractivity contribution in [3.8, 4) is 0 Å². The lowest BCUT2D eigenvalue weighted by Crippen LogP contribution is -2.31. The number of H-pyrrole nitrogens is 1. The van der Waals surface area contributed by atoms with Gasteiger partial charge in [0.05, 0.1) is 12.5 Å². The maximum Gasteiger partial charge on any atom is 0.227 e. The minimum absolute atomic E-state index is 0.158. The second-order valence-electron chi connectivity index (χ2n) is 6.08. The van der Waals surface area contributed by atoms with Crippen molar-refractivity contribution in [3.05, 3.63) is 35.5 Å². The number of likely N-dealkylation sites (tertiary alicyclic amines) is 1. The highest BCUT2D eigenvalue weighted by molar-refractivity contribution is 5.90. The van der Waals surface area contributed by atoms with Crippen molar-refractivity contribution in [2.45, 2.75) is 32.8 Å². The number of amides is 1. The van der Waals surface area contributed by atoms with Gasteiger partial charge < -0.3 is 15.0 Å². The third-order valence-electron chi connectivity index (χ3n) is 4.61. The van der Waals surface area contributed by atoms with Crippen LogP contribution in [0.3, 0.4) is 0 Å². The van der Waals surface area contributed by atoms with Crippen molar-refractivity contribution in [1.29, 1.82) is 0 Å². The SMILES string of the molecule is Cc1[nH]c2ccccc2c1CC(=O)N1CCC(C(C)O)C1. The number of aromatic nitrogens is 1. The van der Waals surface area contributed by atoms with Crippen molar-refractivity contribution in [1.82, 2.24) is 9.88 Å². The number of aliphatic hydroxyl groups is 1. The number of fused-ring (bicyclic) bond motifs is 1. The van der Waals surface area contributed by atoms with Gasteiger partial charge in [-0.25, -0.2) is 0 Å². The van der Waals surface area contributed by atoms with Crippen LogP contribution in [0.1, 0.15) is 24.6 Å². The van der Waals surface area contributed by atoms with E-state index in [1.165, 1.54) is 0 Å². The highest BCUT2D eigenvalue weighted by Crippen LogP contribution is 2.25. The van der Waals surface area contributed by atoms with E-state index in [1.54, 1.807) is 0 Å². The summed E-state index contributed by atoms with van der Waals surface area (Å²) >= 11 is 0. The van der Waals surface area contributed by atoms with E-state index >= 15 is 0 Å². The average molecular weight is 286 g/mol. The van der Waals surface area contributed by atoms with Gasteiger partial charge in [-0.2, -0.15) is 0 Å². The van der Waals surface area contributed by atoms with E-state index in [4.69, 9.17) is 0 Å². The van der Waals surface area contributed by atoms with Crippen LogP contribution in [0.5, 0.6) is 0 Å². The summed E-state index contributed by atoms with van der Waals surface area (Å²) in [6.45, 7) is 5.27. The molecular weight excluding hydrogens is 264 g/mol. The van der Waals surface area contributed by atoms with Crippen LogP contribution in [0, 0.1) is 12.8 Å². The van der Waals surface area contributed by atoms with Crippen molar-refractivity contribution < 1.29 is 9.90 Å². The van der Waals surface area contributed by atoms with Crippen molar-refractivity contribution >= 4 is 16.8 Å². The minimum Gasteiger partial charge on any atom is -0.393 e. The number of hydrogen-bond acceptors (Lipinski definition) is 2. The Morgan fingerprint density at radius 2 is 2.24 bits per heavy atom. The molecule has 4 nitrogen and oxygen atoms in total. The highest BCUT2D eigenvalue weighted by atomic mass is 16.3. The summed E-state index contributed by atoms with van der Waals surface area (Å²) in [5, 5.41) is 10.8. The predicted molar refractivity (Wildman–Crippen MR) is 83.1 cm³/mol. The van der Waals surface area contributed by atoms with E-state index < -0.39 is 0 Å². The predicted octanol–water partition coefficient (Wildman–Crippen LogP) is 2.25. The minimum atomic E-state index is -0.336. The molecule has 3 rings (SSSR count). The Morgan fingerprint density at radius 1 is 1.48 bits per heavy atom. The van der Waals surface area contributed by atoms with Crippen LogP contribution in [-0.2, 0) is 11.2 Å². The second-order valence-corrected chi connectivity index (χ2v) is 6.08. The number of carbonyl (C=O) groups excluding carboxylic acids is 1. The number of rotatable bonds is 3. The summed E-state index contributed by atoms with van der Waals surface area (Å²) in [7, 11) is 0. The van der Waals surface area contributed by atoms with Gasteiger partial charge in [-0.15, -0.1) is 0 Å². The second kappa shape index (κ2) is 5.53. The van der Waals surface area contributed by atoms with Crippen LogP contribution in [0.2, 0.25) is 0 Å². The number of aromatic amines is 1. The molecule has 0 aliphatic carbocycles. The van der Waals surface area contributed by atoms with E-state index in [0.29, 0.717) is 13.0 Å². The topological polar surface area (TPSA) is 56.3 Å². The highest BCUT2D eigenvalue weighted by Gasteiger charge is 2.29. The molecule has 1 aliphatic heterocycles. The molecule has 112 valence electrons. The van der Waals surface area contributed by atoms with Gasteiger partial charge in [0.1, 0.15) is 0 Å². The summed E-state index contributed by atoms with van der Waals surface area (Å²) in [5.41, 5.74) is 3.24. The summed E-state index contributed by atoms with van der Waals surface area (Å²) < 4.78 is 0. The molecule has 1 saturated heterocycles. The summed E-state index contributed by atoms with van der Waals surface area (Å²) in [6, 6.07) is 8.10. The van der Waals surface area contributed by atoms with Gasteiger partial charge in [-0.1, -0.05) is 18.2 Å². The molecule has 0 spiro atoms. The van der Waals surface area contributed by atoms with Crippen LogP contribution in [0.15, 0.2) is 24.3 Å². The Hall–Kier alpha value is -1.81. The molecule has 0 radical (unpaired) electrons. The summed E-state index contributed by atoms with van der Waals surface area (Å²) in [4.78, 5) is 17.7. The molecule has 0 saturated carbocycles. The first-order valence-electron chi connectivity index (χ1n) is 7.58. The third-order valence-corrected chi connectivity index (χ3v) is 4.61. The molecule has 2 N–H and O–H groups in total. The van der Waals surface area contributed by atoms with Crippen molar-refractivity contribution in [2.75, 3.05) is 13.1 Å². The fourth-order valence-electron chi connectivity index (χ4n) is 3.23. The van der Waals surface area contributed by atoms with Gasteiger partial charge in [0, 0.05) is 35.6 Å². The van der Waals surface area contributed by atoms with Crippen LogP contribution < -0.4 is 0 Å². The first kappa shape index (κ1) is 14.1. The summed E-state index contributed by atoms with van der Waals surface area (Å²) in [5.74, 6) is 0.379. The first-order valence-corrected chi connectivity index (χ1v) is 7.58. The van der Waals surface area contributed by atoms with Crippen LogP contribution in [0.25, 0.3) is 10.9 Å². The monoisotopic (exact) mass is 286 g/mol. The Balaban J connectivity index is 1.77. The molecule has 2 atom stereocenters. The number of hydrogen-bond donors (Lipinski definition) is 2. The molecule has 2 unspecified atom stereocenters. The van der Waals surface area contributed by atoms with E-state index in [2.05, 4.69) is 11.1 Å². The number of aliphatic hydroxyl groups excluding tert-OH is 1. The number of benzene rings is 1. The zero-order valence-corrected chi connectivity index (χ0v) is 12.6. The first-order chi connectivity index (χ1) is 10.1. The fourth-order valence-corrected chi connectivity index (χ4v) is 3.23. The Bertz CT molecular complexity index is 660. The van der Waals surface area contributed by atoms with E-state index in [-0.39, 0.29) is 17.9 Å². The normalized spacial score (nSPS) is 20.1. The zero-order valence-electron chi connectivity index (χ0n) is 12.6. The number of carbonyl (C=O) groups is 1. The van der Waals surface area contributed by atoms with Gasteiger partial charge in [-0.3, -0.25) is 4.79 Å². The van der Waals surface area contributed by atoms with Gasteiger partial charge in [-0.05, 0) is 31.9 Å². The standard InChI is InChI=1S/C17H22N2O2/c1-11-15(14-5-3-4-6-16(14)18-11)9-17(21)19-8-7-13(10-19)12(2)20/h3-6,12-13,18,20H,7-10H2,1-2H3. The number of aryl methyl sites for hydroxylation is 1. The van der Waals surface area contributed by atoms with Gasteiger partial charge in [0.2, 0.25) is 5.91 Å². The number of nitrogens with one attached hydrogen (secondary N) is 1. The Kier molecular flexibility index (Phi) is 3.72. The van der Waals surface area contributed by atoms with Gasteiger partial charge in [0.15, 0.2) is 0 Å². The van der Waals surface area contributed by atoms with E-state index in [9.17, 15) is 9.90 Å². The van der Waals surface area contributed by atoms with E-state index in [0.717, 1.165) is 35.1 Å². The van der Waals surface area contributed by atoms with Crippen LogP contribution in [-0.4, -0.2) is 40.1 Å². The largest absolute Gasteiger partial charge is 0.393 e. The molecular formula is C17H22N2O2. The Morgan fingerprint density at radius 3 is 2.95 bits per heavy atom. The van der Waals surface area contributed by atoms with Gasteiger partial charge >= 0.3 is 0 Å². The van der Waals surface area contributed by atoms with E-state index in [1.807, 2.05) is 36.9 Å². The Labute approximate surface area is 124 Å². The maximum atomic E-state index is 12.5. The average Bonchev–Trinajstić information content (AvgIpc) is 3.05. The fraction of sp³-hybridized carbons (Fsp3) is 0.471. The third kappa shape index (κ3) is 2.68. The quantitative estimate of drug-likeness (QED) is 0.909. The number of para-hydroxylation sites is 1. The molecule has 1 fully saturated rings. The van der Waals surface area contributed by atoms with Crippen molar-refractivity contribution in [3.63, 3.8) is 0 Å². The molecule has 4 heteroatoms. The molecule has 0 bridgehead atoms. The number of nitrogens with zero attached hydrogens (tertiary/aromatic N) is 1. The lowest BCUT2D eigenvalue weighted by molar-refractivity contribution is -0.129. The maximum absolute atomic E-state index is 12.5. The molecule has 2 aromatic rings. The summed E-state index contributed by atoms with van der Waals surface area (Å²) in [6.07, 6.45) is 0.996.